The van der Waals surface area contributed by atoms with Crippen molar-refractivity contribution >= 4 is 21.8 Å². The predicted octanol–water partition coefficient (Wildman–Crippen LogP) is 2.92. The van der Waals surface area contributed by atoms with Crippen LogP contribution in [0.3, 0.4) is 0 Å². The Labute approximate surface area is 152 Å². The maximum Gasteiger partial charge on any atom is 0.414 e. The minimum Gasteiger partial charge on any atom is -0.447 e. The van der Waals surface area contributed by atoms with Gasteiger partial charge < -0.3 is 4.74 Å². The molecule has 2 aromatic carbocycles. The molecule has 1 aliphatic heterocycles. The maximum absolute atomic E-state index is 12.7. The van der Waals surface area contributed by atoms with E-state index in [1.165, 1.54) is 28.2 Å². The zero-order chi connectivity index (χ0) is 18.3. The van der Waals surface area contributed by atoms with Crippen molar-refractivity contribution in [1.29, 1.82) is 0 Å². The molecule has 1 N–H and O–H groups in total. The van der Waals surface area contributed by atoms with Crippen molar-refractivity contribution in [3.05, 3.63) is 59.2 Å². The van der Waals surface area contributed by atoms with Gasteiger partial charge in [-0.05, 0) is 55.2 Å². The van der Waals surface area contributed by atoms with Crippen molar-refractivity contribution in [3.8, 4) is 0 Å². The summed E-state index contributed by atoms with van der Waals surface area (Å²) < 4.78 is 33.2. The molecule has 0 saturated carbocycles. The van der Waals surface area contributed by atoms with Gasteiger partial charge >= 0.3 is 6.09 Å². The zero-order valence-corrected chi connectivity index (χ0v) is 15.3. The summed E-state index contributed by atoms with van der Waals surface area (Å²) in [6.45, 7) is 2.86. The molecule has 1 unspecified atom stereocenters. The Morgan fingerprint density at radius 3 is 2.62 bits per heavy atom. The first-order valence-corrected chi connectivity index (χ1v) is 10.1. The van der Waals surface area contributed by atoms with Gasteiger partial charge in [-0.3, -0.25) is 4.90 Å². The van der Waals surface area contributed by atoms with Crippen LogP contribution in [0, 0.1) is 6.92 Å². The van der Waals surface area contributed by atoms with Crippen LogP contribution in [-0.4, -0.2) is 27.7 Å². The van der Waals surface area contributed by atoms with Crippen LogP contribution in [0.15, 0.2) is 47.4 Å². The van der Waals surface area contributed by atoms with Crippen molar-refractivity contribution in [2.45, 2.75) is 30.7 Å². The molecule has 0 spiro atoms. The highest BCUT2D eigenvalue weighted by Crippen LogP contribution is 2.33. The van der Waals surface area contributed by atoms with Crippen LogP contribution >= 0.6 is 0 Å². The number of sulfonamides is 1. The molecule has 2 aromatic rings. The summed E-state index contributed by atoms with van der Waals surface area (Å²) in [7, 11) is -3.64. The molecule has 0 radical (unpaired) electrons. The number of nitrogens with zero attached hydrogens (tertiary/aromatic N) is 1. The molecule has 1 saturated heterocycles. The Balaban J connectivity index is 1.53. The number of carbonyl (C=O) groups excluding carboxylic acids is 1. The maximum atomic E-state index is 12.7. The summed E-state index contributed by atoms with van der Waals surface area (Å²) in [5.41, 5.74) is 4.08. The van der Waals surface area contributed by atoms with Crippen LogP contribution in [-0.2, 0) is 21.2 Å². The van der Waals surface area contributed by atoms with Crippen LogP contribution in [0.25, 0.3) is 0 Å². The third-order valence-electron chi connectivity index (χ3n) is 4.89. The van der Waals surface area contributed by atoms with Gasteiger partial charge in [-0.1, -0.05) is 23.8 Å². The standard InChI is InChI=1S/C19H20N2O4S/c1-13-2-8-17-14(12-13)3-9-18(17)20-26(23,24)16-6-4-15(5-7-16)21-10-11-25-19(21)22/h2,4-8,12,18,20H,3,9-11H2,1H3. The fourth-order valence-electron chi connectivity index (χ4n) is 3.56. The van der Waals surface area contributed by atoms with E-state index in [-0.39, 0.29) is 10.9 Å². The number of cyclic esters (lactones) is 1. The average Bonchev–Trinajstić information content (AvgIpc) is 3.21. The highest BCUT2D eigenvalue weighted by molar-refractivity contribution is 7.89. The summed E-state index contributed by atoms with van der Waals surface area (Å²) in [5.74, 6) is 0. The van der Waals surface area contributed by atoms with Crippen LogP contribution in [0.2, 0.25) is 0 Å². The molecule has 26 heavy (non-hydrogen) atoms. The van der Waals surface area contributed by atoms with Crippen LogP contribution in [0.4, 0.5) is 10.5 Å². The van der Waals surface area contributed by atoms with E-state index in [1.54, 1.807) is 12.1 Å². The second-order valence-electron chi connectivity index (χ2n) is 6.67. The highest BCUT2D eigenvalue weighted by atomic mass is 32.2. The molecule has 1 amide bonds. The number of nitrogens with one attached hydrogen (secondary N) is 1. The number of fused-ring (bicyclic) bond motifs is 1. The second-order valence-corrected chi connectivity index (χ2v) is 8.39. The SMILES string of the molecule is Cc1ccc2c(c1)CCC2NS(=O)(=O)c1ccc(N2CCOC2=O)cc1. The third kappa shape index (κ3) is 3.08. The van der Waals surface area contributed by atoms with Gasteiger partial charge in [0.05, 0.1) is 11.4 Å². The average molecular weight is 372 g/mol. The van der Waals surface area contributed by atoms with Crippen LogP contribution in [0.1, 0.15) is 29.2 Å². The summed E-state index contributed by atoms with van der Waals surface area (Å²) in [6, 6.07) is 12.2. The van der Waals surface area contributed by atoms with Crippen molar-refractivity contribution in [2.24, 2.45) is 0 Å². The highest BCUT2D eigenvalue weighted by Gasteiger charge is 2.28. The quantitative estimate of drug-likeness (QED) is 0.895. The van der Waals surface area contributed by atoms with Crippen molar-refractivity contribution in [1.82, 2.24) is 4.72 Å². The first-order valence-electron chi connectivity index (χ1n) is 8.60. The van der Waals surface area contributed by atoms with Crippen molar-refractivity contribution in [2.75, 3.05) is 18.1 Å². The molecule has 0 aromatic heterocycles. The first kappa shape index (κ1) is 17.1. The lowest BCUT2D eigenvalue weighted by molar-refractivity contribution is 0.181. The molecule has 4 rings (SSSR count). The predicted molar refractivity (Wildman–Crippen MR) is 97.7 cm³/mol. The minimum atomic E-state index is -3.64. The third-order valence-corrected chi connectivity index (χ3v) is 6.38. The van der Waals surface area contributed by atoms with E-state index in [0.29, 0.717) is 18.8 Å². The number of carbonyl (C=O) groups is 1. The number of amides is 1. The summed E-state index contributed by atoms with van der Waals surface area (Å²) >= 11 is 0. The molecule has 0 bridgehead atoms. The first-order chi connectivity index (χ1) is 12.4. The Morgan fingerprint density at radius 1 is 1.15 bits per heavy atom. The summed E-state index contributed by atoms with van der Waals surface area (Å²) in [6.07, 6.45) is 1.23. The summed E-state index contributed by atoms with van der Waals surface area (Å²) in [4.78, 5) is 13.3. The lowest BCUT2D eigenvalue weighted by Gasteiger charge is -2.16. The van der Waals surface area contributed by atoms with E-state index in [2.05, 4.69) is 10.8 Å². The van der Waals surface area contributed by atoms with Gasteiger partial charge in [0.2, 0.25) is 10.0 Å². The molecular weight excluding hydrogens is 352 g/mol. The molecule has 1 fully saturated rings. The lowest BCUT2D eigenvalue weighted by Crippen LogP contribution is -2.27. The normalized spacial score (nSPS) is 19.5. The van der Waals surface area contributed by atoms with Gasteiger partial charge in [0, 0.05) is 11.7 Å². The Kier molecular flexibility index (Phi) is 4.20. The van der Waals surface area contributed by atoms with Crippen LogP contribution in [0.5, 0.6) is 0 Å². The molecule has 136 valence electrons. The Bertz CT molecular complexity index is 954. The molecule has 1 heterocycles. The minimum absolute atomic E-state index is 0.189. The number of hydrogen-bond donors (Lipinski definition) is 1. The van der Waals surface area contributed by atoms with Gasteiger partial charge in [-0.15, -0.1) is 0 Å². The number of ether oxygens (including phenoxy) is 1. The Morgan fingerprint density at radius 2 is 1.92 bits per heavy atom. The number of anilines is 1. The van der Waals surface area contributed by atoms with Gasteiger partial charge in [-0.2, -0.15) is 0 Å². The number of benzene rings is 2. The van der Waals surface area contributed by atoms with Gasteiger partial charge in [0.15, 0.2) is 0 Å². The molecule has 1 aliphatic carbocycles. The molecular formula is C19H20N2O4S. The van der Waals surface area contributed by atoms with E-state index >= 15 is 0 Å². The number of hydrogen-bond acceptors (Lipinski definition) is 4. The fraction of sp³-hybridized carbons (Fsp3) is 0.316. The smallest absolute Gasteiger partial charge is 0.414 e. The van der Waals surface area contributed by atoms with E-state index in [0.717, 1.165) is 18.4 Å². The molecule has 7 heteroatoms. The van der Waals surface area contributed by atoms with E-state index in [9.17, 15) is 13.2 Å². The van der Waals surface area contributed by atoms with E-state index < -0.39 is 16.1 Å². The topological polar surface area (TPSA) is 75.7 Å². The molecule has 1 atom stereocenters. The Hall–Kier alpha value is -2.38. The summed E-state index contributed by atoms with van der Waals surface area (Å²) in [5, 5.41) is 0. The monoisotopic (exact) mass is 372 g/mol. The van der Waals surface area contributed by atoms with Crippen molar-refractivity contribution in [3.63, 3.8) is 0 Å². The number of rotatable bonds is 4. The van der Waals surface area contributed by atoms with E-state index in [1.807, 2.05) is 19.1 Å². The van der Waals surface area contributed by atoms with Gasteiger partial charge in [0.25, 0.3) is 0 Å². The molecule has 2 aliphatic rings. The lowest BCUT2D eigenvalue weighted by atomic mass is 10.1. The largest absolute Gasteiger partial charge is 0.447 e. The second kappa shape index (κ2) is 6.41. The van der Waals surface area contributed by atoms with Gasteiger partial charge in [0.1, 0.15) is 6.61 Å². The number of aryl methyl sites for hydroxylation is 2. The fourth-order valence-corrected chi connectivity index (χ4v) is 4.81. The molecule has 6 nitrogen and oxygen atoms in total. The zero-order valence-electron chi connectivity index (χ0n) is 14.4. The van der Waals surface area contributed by atoms with E-state index in [4.69, 9.17) is 4.74 Å². The van der Waals surface area contributed by atoms with Gasteiger partial charge in [-0.25, -0.2) is 17.9 Å². The van der Waals surface area contributed by atoms with Crippen LogP contribution < -0.4 is 9.62 Å². The van der Waals surface area contributed by atoms with Crippen molar-refractivity contribution < 1.29 is 17.9 Å².